The van der Waals surface area contributed by atoms with Crippen LogP contribution in [-0.4, -0.2) is 46.2 Å². The number of fused-ring (bicyclic) bond motifs is 5. The van der Waals surface area contributed by atoms with Crippen molar-refractivity contribution in [2.24, 2.45) is 10.7 Å². The minimum atomic E-state index is -0.693. The second-order valence-electron chi connectivity index (χ2n) is 9.59. The Morgan fingerprint density at radius 2 is 1.97 bits per heavy atom. The highest BCUT2D eigenvalue weighted by Gasteiger charge is 2.44. The summed E-state index contributed by atoms with van der Waals surface area (Å²) in [5.74, 6) is 3.62. The molecule has 1 unspecified atom stereocenters. The number of methoxy groups -OCH3 is 1. The van der Waals surface area contributed by atoms with Gasteiger partial charge in [-0.3, -0.25) is 4.98 Å². The van der Waals surface area contributed by atoms with Crippen LogP contribution in [0.25, 0.3) is 16.5 Å². The van der Waals surface area contributed by atoms with Gasteiger partial charge in [0.1, 0.15) is 22.6 Å². The maximum atomic E-state index is 6.38. The molecule has 3 aromatic heterocycles. The van der Waals surface area contributed by atoms with Crippen LogP contribution in [0.4, 0.5) is 11.5 Å². The van der Waals surface area contributed by atoms with Crippen LogP contribution in [-0.2, 0) is 10.3 Å². The predicted molar refractivity (Wildman–Crippen MR) is 153 cm³/mol. The SMILES string of the molecule is COc1cnc2c(Nc3ccc4c(c3)C3(CCSC(N)=N3)c3cc(C5=CCCOC5)ncc3O4)nccc2c1. The first-order valence-electron chi connectivity index (χ1n) is 12.8. The number of pyridine rings is 3. The lowest BCUT2D eigenvalue weighted by Crippen LogP contribution is -2.35. The molecule has 0 saturated heterocycles. The number of amidine groups is 1. The quantitative estimate of drug-likeness (QED) is 0.353. The van der Waals surface area contributed by atoms with Crippen molar-refractivity contribution in [1.82, 2.24) is 15.0 Å². The van der Waals surface area contributed by atoms with E-state index >= 15 is 0 Å². The van der Waals surface area contributed by atoms with Crippen LogP contribution in [0, 0.1) is 0 Å². The third-order valence-corrected chi connectivity index (χ3v) is 8.08. The number of nitrogens with zero attached hydrogens (tertiary/aromatic N) is 4. The van der Waals surface area contributed by atoms with Crippen molar-refractivity contribution < 1.29 is 14.2 Å². The number of ether oxygens (including phenoxy) is 3. The van der Waals surface area contributed by atoms with Crippen LogP contribution in [0.2, 0.25) is 0 Å². The summed E-state index contributed by atoms with van der Waals surface area (Å²) in [5, 5.41) is 4.95. The maximum Gasteiger partial charge on any atom is 0.156 e. The second-order valence-corrected chi connectivity index (χ2v) is 10.7. The first-order valence-corrected chi connectivity index (χ1v) is 13.8. The van der Waals surface area contributed by atoms with Crippen molar-refractivity contribution in [3.63, 3.8) is 0 Å². The smallest absolute Gasteiger partial charge is 0.156 e. The molecule has 6 heterocycles. The second kappa shape index (κ2) is 9.55. The molecular formula is C29H26N6O3S. The van der Waals surface area contributed by atoms with Gasteiger partial charge in [-0.25, -0.2) is 15.0 Å². The number of anilines is 2. The number of hydrogen-bond donors (Lipinski definition) is 2. The normalized spacial score (nSPS) is 19.9. The summed E-state index contributed by atoms with van der Waals surface area (Å²) in [6, 6.07) is 12.0. The molecule has 4 aromatic rings. The number of nitrogens with one attached hydrogen (secondary N) is 1. The van der Waals surface area contributed by atoms with Gasteiger partial charge in [0.05, 0.1) is 38.4 Å². The molecule has 9 nitrogen and oxygen atoms in total. The first-order chi connectivity index (χ1) is 19.1. The Hall–Kier alpha value is -4.15. The molecule has 196 valence electrons. The highest BCUT2D eigenvalue weighted by Crippen LogP contribution is 2.53. The summed E-state index contributed by atoms with van der Waals surface area (Å²) < 4.78 is 17.4. The molecule has 3 N–H and O–H groups in total. The Morgan fingerprint density at radius 1 is 1.05 bits per heavy atom. The fraction of sp³-hybridized carbons (Fsp3) is 0.241. The fourth-order valence-electron chi connectivity index (χ4n) is 5.39. The minimum Gasteiger partial charge on any atom is -0.495 e. The predicted octanol–water partition coefficient (Wildman–Crippen LogP) is 5.38. The molecular weight excluding hydrogens is 512 g/mol. The van der Waals surface area contributed by atoms with Gasteiger partial charge in [0.15, 0.2) is 16.7 Å². The molecule has 0 radical (unpaired) electrons. The van der Waals surface area contributed by atoms with Crippen molar-refractivity contribution >= 4 is 44.9 Å². The van der Waals surface area contributed by atoms with E-state index in [4.69, 9.17) is 29.9 Å². The van der Waals surface area contributed by atoms with E-state index in [9.17, 15) is 0 Å². The molecule has 7 rings (SSSR count). The monoisotopic (exact) mass is 538 g/mol. The maximum absolute atomic E-state index is 6.38. The van der Waals surface area contributed by atoms with Crippen LogP contribution in [0.1, 0.15) is 29.7 Å². The van der Waals surface area contributed by atoms with E-state index in [1.165, 1.54) is 0 Å². The number of nitrogens with two attached hydrogens (primary N) is 1. The van der Waals surface area contributed by atoms with Crippen molar-refractivity contribution in [3.05, 3.63) is 77.9 Å². The Bertz CT molecular complexity index is 1670. The molecule has 0 amide bonds. The lowest BCUT2D eigenvalue weighted by Gasteiger charge is -2.39. The average molecular weight is 539 g/mol. The average Bonchev–Trinajstić information content (AvgIpc) is 2.98. The fourth-order valence-corrected chi connectivity index (χ4v) is 6.22. The van der Waals surface area contributed by atoms with Gasteiger partial charge in [-0.1, -0.05) is 17.8 Å². The van der Waals surface area contributed by atoms with E-state index in [1.807, 2.05) is 24.3 Å². The number of benzene rings is 1. The Morgan fingerprint density at radius 3 is 2.82 bits per heavy atom. The van der Waals surface area contributed by atoms with Gasteiger partial charge in [-0.15, -0.1) is 0 Å². The molecule has 1 aromatic carbocycles. The first kappa shape index (κ1) is 23.9. The summed E-state index contributed by atoms with van der Waals surface area (Å²) in [4.78, 5) is 18.9. The molecule has 39 heavy (non-hydrogen) atoms. The summed E-state index contributed by atoms with van der Waals surface area (Å²) in [5.41, 5.74) is 11.1. The lowest BCUT2D eigenvalue weighted by molar-refractivity contribution is 0.164. The summed E-state index contributed by atoms with van der Waals surface area (Å²) in [6.07, 6.45) is 9.09. The van der Waals surface area contributed by atoms with Gasteiger partial charge in [0, 0.05) is 34.2 Å². The van der Waals surface area contributed by atoms with Crippen LogP contribution in [0.3, 0.4) is 0 Å². The molecule has 0 fully saturated rings. The molecule has 0 saturated carbocycles. The van der Waals surface area contributed by atoms with E-state index in [1.54, 1.807) is 37.5 Å². The molecule has 3 aliphatic rings. The lowest BCUT2D eigenvalue weighted by atomic mass is 9.78. The molecule has 1 spiro atoms. The number of aromatic nitrogens is 3. The molecule has 3 aliphatic heterocycles. The number of rotatable bonds is 4. The topological polar surface area (TPSA) is 117 Å². The molecule has 10 heteroatoms. The van der Waals surface area contributed by atoms with E-state index in [-0.39, 0.29) is 0 Å². The zero-order valence-corrected chi connectivity index (χ0v) is 22.1. The van der Waals surface area contributed by atoms with E-state index < -0.39 is 5.54 Å². The van der Waals surface area contributed by atoms with Crippen molar-refractivity contribution in [2.45, 2.75) is 18.4 Å². The Kier molecular flexibility index (Phi) is 5.86. The van der Waals surface area contributed by atoms with Crippen molar-refractivity contribution in [2.75, 3.05) is 31.4 Å². The van der Waals surface area contributed by atoms with Crippen molar-refractivity contribution in [3.8, 4) is 17.2 Å². The van der Waals surface area contributed by atoms with Gasteiger partial charge in [-0.05, 0) is 54.8 Å². The largest absolute Gasteiger partial charge is 0.495 e. The van der Waals surface area contributed by atoms with Crippen LogP contribution in [0.5, 0.6) is 17.2 Å². The highest BCUT2D eigenvalue weighted by molar-refractivity contribution is 8.13. The molecule has 0 bridgehead atoms. The van der Waals surface area contributed by atoms with E-state index in [0.29, 0.717) is 29.1 Å². The van der Waals surface area contributed by atoms with Crippen LogP contribution < -0.4 is 20.5 Å². The molecule has 1 atom stereocenters. The molecule has 0 aliphatic carbocycles. The number of thioether (sulfide) groups is 1. The minimum absolute atomic E-state index is 0.545. The van der Waals surface area contributed by atoms with E-state index in [2.05, 4.69) is 33.5 Å². The standard InChI is InChI=1S/C29H26N6O3S/c1-36-20-11-17-6-8-31-27(26(17)33-14-20)34-19-4-5-24-21(12-19)29(7-10-39-28(30)35-29)22-13-23(32-15-25(22)38-24)18-3-2-9-37-16-18/h3-6,8,11-15H,2,7,9-10,16H2,1H3,(H2,30,35)(H,31,34). The van der Waals surface area contributed by atoms with Crippen LogP contribution in [0.15, 0.2) is 66.1 Å². The number of hydrogen-bond acceptors (Lipinski definition) is 10. The Labute approximate surface area is 229 Å². The zero-order valence-electron chi connectivity index (χ0n) is 21.3. The third-order valence-electron chi connectivity index (χ3n) is 7.28. The van der Waals surface area contributed by atoms with E-state index in [0.717, 1.165) is 69.9 Å². The van der Waals surface area contributed by atoms with Gasteiger partial charge >= 0.3 is 0 Å². The zero-order chi connectivity index (χ0) is 26.4. The van der Waals surface area contributed by atoms with Gasteiger partial charge in [0.25, 0.3) is 0 Å². The summed E-state index contributed by atoms with van der Waals surface area (Å²) in [6.45, 7) is 1.28. The summed E-state index contributed by atoms with van der Waals surface area (Å²) >= 11 is 1.57. The van der Waals surface area contributed by atoms with Gasteiger partial charge in [-0.2, -0.15) is 0 Å². The van der Waals surface area contributed by atoms with Crippen LogP contribution >= 0.6 is 11.8 Å². The van der Waals surface area contributed by atoms with Gasteiger partial charge in [0.2, 0.25) is 0 Å². The Balaban J connectivity index is 1.33. The van der Waals surface area contributed by atoms with Gasteiger partial charge < -0.3 is 25.3 Å². The summed E-state index contributed by atoms with van der Waals surface area (Å²) in [7, 11) is 1.63. The third kappa shape index (κ3) is 4.16. The van der Waals surface area contributed by atoms with Crippen molar-refractivity contribution in [1.29, 1.82) is 0 Å². The number of aliphatic imine (C=N–C) groups is 1. The highest BCUT2D eigenvalue weighted by atomic mass is 32.2.